The van der Waals surface area contributed by atoms with Gasteiger partial charge in [0, 0.05) is 24.0 Å². The predicted molar refractivity (Wildman–Crippen MR) is 106 cm³/mol. The van der Waals surface area contributed by atoms with E-state index in [4.69, 9.17) is 0 Å². The van der Waals surface area contributed by atoms with Crippen LogP contribution in [0.4, 0.5) is 4.39 Å². The second-order valence-corrected chi connectivity index (χ2v) is 6.89. The van der Waals surface area contributed by atoms with Crippen LogP contribution in [-0.2, 0) is 13.1 Å². The minimum atomic E-state index is -0.235. The fraction of sp³-hybridized carbons (Fsp3) is 0.200. The molecule has 2 aromatic carbocycles. The van der Waals surface area contributed by atoms with Gasteiger partial charge >= 0.3 is 0 Å². The van der Waals surface area contributed by atoms with Gasteiger partial charge in [-0.15, -0.1) is 11.3 Å². The fourth-order valence-electron chi connectivity index (χ4n) is 2.51. The van der Waals surface area contributed by atoms with Crippen molar-refractivity contribution in [3.63, 3.8) is 0 Å². The zero-order valence-corrected chi connectivity index (χ0v) is 15.6. The second-order valence-electron chi connectivity index (χ2n) is 5.80. The van der Waals surface area contributed by atoms with Crippen LogP contribution in [0.1, 0.15) is 16.1 Å². The average Bonchev–Trinajstić information content (AvgIpc) is 3.03. The molecule has 1 heterocycles. The third-order valence-corrected chi connectivity index (χ3v) is 5.11. The van der Waals surface area contributed by atoms with Crippen molar-refractivity contribution in [3.05, 3.63) is 76.5 Å². The Morgan fingerprint density at radius 3 is 2.58 bits per heavy atom. The molecule has 2 N–H and O–H groups in total. The smallest absolute Gasteiger partial charge is 0.191 e. The number of benzene rings is 2. The molecule has 134 valence electrons. The maximum atomic E-state index is 13.3. The van der Waals surface area contributed by atoms with Crippen LogP contribution in [0.25, 0.3) is 10.6 Å². The number of aliphatic imine (C=N–C) groups is 1. The Kier molecular flexibility index (Phi) is 5.96. The molecule has 3 rings (SSSR count). The van der Waals surface area contributed by atoms with Gasteiger partial charge in [0.25, 0.3) is 0 Å². The lowest BCUT2D eigenvalue weighted by molar-refractivity contribution is 0.624. The van der Waals surface area contributed by atoms with Crippen molar-refractivity contribution in [3.8, 4) is 10.6 Å². The molecule has 4 nitrogen and oxygen atoms in total. The Morgan fingerprint density at radius 2 is 1.85 bits per heavy atom. The Balaban J connectivity index is 1.59. The normalized spacial score (nSPS) is 11.4. The van der Waals surface area contributed by atoms with Crippen molar-refractivity contribution in [1.29, 1.82) is 0 Å². The van der Waals surface area contributed by atoms with E-state index < -0.39 is 0 Å². The Labute approximate surface area is 156 Å². The van der Waals surface area contributed by atoms with Gasteiger partial charge in [-0.05, 0) is 24.6 Å². The van der Waals surface area contributed by atoms with Gasteiger partial charge in [-0.25, -0.2) is 9.37 Å². The van der Waals surface area contributed by atoms with Crippen molar-refractivity contribution in [2.24, 2.45) is 4.99 Å². The minimum absolute atomic E-state index is 0.235. The molecule has 0 unspecified atom stereocenters. The Bertz CT molecular complexity index is 890. The third kappa shape index (κ3) is 4.67. The summed E-state index contributed by atoms with van der Waals surface area (Å²) in [5, 5.41) is 7.51. The van der Waals surface area contributed by atoms with Gasteiger partial charge in [0.1, 0.15) is 10.8 Å². The van der Waals surface area contributed by atoms with E-state index in [2.05, 4.69) is 32.7 Å². The standard InChI is InChI=1S/C20H21FN4S/c1-14-18(26-19(25-14)16-8-4-3-5-9-16)13-24-20(22-2)23-12-15-7-6-10-17(21)11-15/h3-11H,12-13H2,1-2H3,(H2,22,23,24). The minimum Gasteiger partial charge on any atom is -0.352 e. The number of guanidine groups is 1. The summed E-state index contributed by atoms with van der Waals surface area (Å²) in [4.78, 5) is 10.0. The van der Waals surface area contributed by atoms with E-state index in [-0.39, 0.29) is 5.82 Å². The Morgan fingerprint density at radius 1 is 1.08 bits per heavy atom. The van der Waals surface area contributed by atoms with Gasteiger partial charge in [0.15, 0.2) is 5.96 Å². The van der Waals surface area contributed by atoms with Crippen LogP contribution in [0.2, 0.25) is 0 Å². The van der Waals surface area contributed by atoms with Crippen LogP contribution >= 0.6 is 11.3 Å². The first-order valence-corrected chi connectivity index (χ1v) is 9.18. The first-order valence-electron chi connectivity index (χ1n) is 8.36. The van der Waals surface area contributed by atoms with Crippen molar-refractivity contribution >= 4 is 17.3 Å². The number of aryl methyl sites for hydroxylation is 1. The van der Waals surface area contributed by atoms with E-state index in [0.29, 0.717) is 19.0 Å². The molecule has 0 atom stereocenters. The summed E-state index contributed by atoms with van der Waals surface area (Å²) in [6, 6.07) is 16.7. The first-order chi connectivity index (χ1) is 12.7. The molecule has 0 bridgehead atoms. The molecule has 0 aliphatic rings. The molecule has 1 aromatic heterocycles. The van der Waals surface area contributed by atoms with Crippen molar-refractivity contribution in [2.75, 3.05) is 7.05 Å². The summed E-state index contributed by atoms with van der Waals surface area (Å²) in [6.45, 7) is 3.16. The molecular formula is C20H21FN4S. The molecular weight excluding hydrogens is 347 g/mol. The number of hydrogen-bond donors (Lipinski definition) is 2. The third-order valence-electron chi connectivity index (χ3n) is 3.90. The fourth-order valence-corrected chi connectivity index (χ4v) is 3.52. The molecule has 0 aliphatic carbocycles. The summed E-state index contributed by atoms with van der Waals surface area (Å²) >= 11 is 1.68. The highest BCUT2D eigenvalue weighted by molar-refractivity contribution is 7.15. The first kappa shape index (κ1) is 18.1. The lowest BCUT2D eigenvalue weighted by Gasteiger charge is -2.11. The molecule has 0 spiro atoms. The van der Waals surface area contributed by atoms with E-state index in [1.807, 2.05) is 31.2 Å². The van der Waals surface area contributed by atoms with Crippen LogP contribution in [-0.4, -0.2) is 18.0 Å². The molecule has 0 saturated carbocycles. The maximum absolute atomic E-state index is 13.3. The van der Waals surface area contributed by atoms with Crippen molar-refractivity contribution in [2.45, 2.75) is 20.0 Å². The van der Waals surface area contributed by atoms with E-state index in [9.17, 15) is 4.39 Å². The maximum Gasteiger partial charge on any atom is 0.191 e. The Hall–Kier alpha value is -2.73. The van der Waals surface area contributed by atoms with Crippen LogP contribution in [0.15, 0.2) is 59.6 Å². The summed E-state index contributed by atoms with van der Waals surface area (Å²) in [6.07, 6.45) is 0. The molecule has 0 amide bonds. The van der Waals surface area contributed by atoms with E-state index in [1.54, 1.807) is 24.5 Å². The molecule has 6 heteroatoms. The van der Waals surface area contributed by atoms with Gasteiger partial charge in [-0.2, -0.15) is 0 Å². The molecule has 3 aromatic rings. The molecule has 0 radical (unpaired) electrons. The molecule has 0 aliphatic heterocycles. The second kappa shape index (κ2) is 8.58. The number of aromatic nitrogens is 1. The molecule has 26 heavy (non-hydrogen) atoms. The van der Waals surface area contributed by atoms with E-state index in [0.717, 1.165) is 26.7 Å². The number of hydrogen-bond acceptors (Lipinski definition) is 3. The monoisotopic (exact) mass is 368 g/mol. The van der Waals surface area contributed by atoms with Crippen LogP contribution in [0.5, 0.6) is 0 Å². The number of thiazole rings is 1. The average molecular weight is 368 g/mol. The highest BCUT2D eigenvalue weighted by atomic mass is 32.1. The predicted octanol–water partition coefficient (Wildman–Crippen LogP) is 4.12. The van der Waals surface area contributed by atoms with E-state index in [1.165, 1.54) is 12.1 Å². The number of halogens is 1. The summed E-state index contributed by atoms with van der Waals surface area (Å²) in [5.41, 5.74) is 3.01. The van der Waals surface area contributed by atoms with Gasteiger partial charge in [0.05, 0.1) is 12.2 Å². The summed E-state index contributed by atoms with van der Waals surface area (Å²) in [5.74, 6) is 0.435. The lowest BCUT2D eigenvalue weighted by Crippen LogP contribution is -2.36. The lowest BCUT2D eigenvalue weighted by atomic mass is 10.2. The zero-order valence-electron chi connectivity index (χ0n) is 14.8. The number of nitrogens with one attached hydrogen (secondary N) is 2. The zero-order chi connectivity index (χ0) is 18.4. The van der Waals surface area contributed by atoms with Gasteiger partial charge in [-0.3, -0.25) is 4.99 Å². The number of rotatable bonds is 5. The SMILES string of the molecule is CN=C(NCc1cccc(F)c1)NCc1sc(-c2ccccc2)nc1C. The topological polar surface area (TPSA) is 49.3 Å². The number of nitrogens with zero attached hydrogens (tertiary/aromatic N) is 2. The largest absolute Gasteiger partial charge is 0.352 e. The van der Waals surface area contributed by atoms with Crippen LogP contribution in [0.3, 0.4) is 0 Å². The highest BCUT2D eigenvalue weighted by Crippen LogP contribution is 2.27. The van der Waals surface area contributed by atoms with Crippen molar-refractivity contribution in [1.82, 2.24) is 15.6 Å². The van der Waals surface area contributed by atoms with Crippen molar-refractivity contribution < 1.29 is 4.39 Å². The van der Waals surface area contributed by atoms with Gasteiger partial charge in [0.2, 0.25) is 0 Å². The summed E-state index contributed by atoms with van der Waals surface area (Å²) < 4.78 is 13.3. The van der Waals surface area contributed by atoms with Gasteiger partial charge in [-0.1, -0.05) is 42.5 Å². The van der Waals surface area contributed by atoms with Crippen LogP contribution in [0, 0.1) is 12.7 Å². The quantitative estimate of drug-likeness (QED) is 0.526. The molecule has 0 saturated heterocycles. The van der Waals surface area contributed by atoms with E-state index >= 15 is 0 Å². The molecule has 0 fully saturated rings. The highest BCUT2D eigenvalue weighted by Gasteiger charge is 2.10. The van der Waals surface area contributed by atoms with Gasteiger partial charge < -0.3 is 10.6 Å². The van der Waals surface area contributed by atoms with Crippen LogP contribution < -0.4 is 10.6 Å². The summed E-state index contributed by atoms with van der Waals surface area (Å²) in [7, 11) is 1.72.